The second kappa shape index (κ2) is 9.10. The first kappa shape index (κ1) is 22.6. The maximum atomic E-state index is 13.0. The van der Waals surface area contributed by atoms with Crippen molar-refractivity contribution in [2.45, 2.75) is 51.2 Å². The van der Waals surface area contributed by atoms with Gasteiger partial charge < -0.3 is 10.1 Å². The third kappa shape index (κ3) is 5.41. The van der Waals surface area contributed by atoms with Gasteiger partial charge in [0.2, 0.25) is 0 Å². The van der Waals surface area contributed by atoms with Crippen LogP contribution in [0.15, 0.2) is 42.5 Å². The Kier molecular flexibility index (Phi) is 6.42. The summed E-state index contributed by atoms with van der Waals surface area (Å²) in [6, 6.07) is 12.9. The highest BCUT2D eigenvalue weighted by atomic mass is 19.3. The molecule has 0 radical (unpaired) electrons. The average molecular weight is 450 g/mol. The lowest BCUT2D eigenvalue weighted by Gasteiger charge is -2.29. The number of amides is 1. The summed E-state index contributed by atoms with van der Waals surface area (Å²) in [5.74, 6) is -3.86. The van der Waals surface area contributed by atoms with Crippen LogP contribution in [-0.4, -0.2) is 36.3 Å². The standard InChI is InChI=1S/C24H26F4N2O2/c1-15(29-23(31)22(25)26)17-4-2-16(3-5-17)12-30-9-8-18-10-21(7-6-19(18)13-30)32-14-20-11-24(20,27)28/h2-7,10,15,20,22H,8-9,11-14H2,1H3,(H,29,31)/t15-,20?/m0/s1. The van der Waals surface area contributed by atoms with Crippen molar-refractivity contribution in [2.24, 2.45) is 5.92 Å². The first-order chi connectivity index (χ1) is 15.2. The number of carbonyl (C=O) groups excluding carboxylic acids is 1. The number of rotatable bonds is 8. The molecule has 4 rings (SSSR count). The molecule has 1 amide bonds. The van der Waals surface area contributed by atoms with Crippen LogP contribution in [0.3, 0.4) is 0 Å². The minimum absolute atomic E-state index is 0.0539. The number of hydrogen-bond acceptors (Lipinski definition) is 3. The Balaban J connectivity index is 1.30. The van der Waals surface area contributed by atoms with Crippen LogP contribution in [0.25, 0.3) is 0 Å². The molecule has 2 atom stereocenters. The van der Waals surface area contributed by atoms with Crippen molar-refractivity contribution < 1.29 is 27.1 Å². The number of ether oxygens (including phenoxy) is 1. The van der Waals surface area contributed by atoms with E-state index in [-0.39, 0.29) is 13.0 Å². The van der Waals surface area contributed by atoms with Crippen molar-refractivity contribution in [3.8, 4) is 5.75 Å². The predicted molar refractivity (Wildman–Crippen MR) is 112 cm³/mol. The molecule has 172 valence electrons. The normalized spacial score (nSPS) is 20.5. The first-order valence-electron chi connectivity index (χ1n) is 10.7. The van der Waals surface area contributed by atoms with E-state index in [1.807, 2.05) is 42.5 Å². The number of benzene rings is 2. The summed E-state index contributed by atoms with van der Waals surface area (Å²) in [6.45, 7) is 4.11. The fourth-order valence-corrected chi connectivity index (χ4v) is 3.99. The van der Waals surface area contributed by atoms with Crippen LogP contribution < -0.4 is 10.1 Å². The molecule has 0 spiro atoms. The molecule has 1 unspecified atom stereocenters. The van der Waals surface area contributed by atoms with Crippen LogP contribution in [0.2, 0.25) is 0 Å². The topological polar surface area (TPSA) is 41.6 Å². The number of nitrogens with zero attached hydrogens (tertiary/aromatic N) is 1. The quantitative estimate of drug-likeness (QED) is 0.592. The van der Waals surface area contributed by atoms with E-state index in [2.05, 4.69) is 10.2 Å². The Labute approximate surface area is 184 Å². The summed E-state index contributed by atoms with van der Waals surface area (Å²) in [5.41, 5.74) is 4.23. The SMILES string of the molecule is C[C@H](NC(=O)C(F)F)c1ccc(CN2CCc3cc(OCC4CC4(F)F)ccc3C2)cc1. The van der Waals surface area contributed by atoms with Crippen molar-refractivity contribution in [3.05, 3.63) is 64.7 Å². The van der Waals surface area contributed by atoms with Gasteiger partial charge in [0.1, 0.15) is 5.75 Å². The highest BCUT2D eigenvalue weighted by molar-refractivity contribution is 5.79. The molecular formula is C24H26F4N2O2. The second-order valence-corrected chi connectivity index (χ2v) is 8.64. The fraction of sp³-hybridized carbons (Fsp3) is 0.458. The van der Waals surface area contributed by atoms with Gasteiger partial charge in [-0.3, -0.25) is 9.69 Å². The van der Waals surface area contributed by atoms with Gasteiger partial charge in [-0.25, -0.2) is 8.78 Å². The number of halogens is 4. The van der Waals surface area contributed by atoms with Crippen LogP contribution in [-0.2, 0) is 24.3 Å². The highest BCUT2D eigenvalue weighted by Crippen LogP contribution is 2.48. The van der Waals surface area contributed by atoms with E-state index in [1.54, 1.807) is 6.92 Å². The minimum atomic E-state index is -3.02. The Morgan fingerprint density at radius 2 is 1.91 bits per heavy atom. The van der Waals surface area contributed by atoms with E-state index in [4.69, 9.17) is 4.74 Å². The zero-order valence-electron chi connectivity index (χ0n) is 17.8. The number of carbonyl (C=O) groups is 1. The number of alkyl halides is 4. The molecule has 2 aromatic carbocycles. The second-order valence-electron chi connectivity index (χ2n) is 8.64. The zero-order chi connectivity index (χ0) is 22.9. The van der Waals surface area contributed by atoms with Crippen LogP contribution in [0.5, 0.6) is 5.75 Å². The number of nitrogens with one attached hydrogen (secondary N) is 1. The molecule has 0 bridgehead atoms. The lowest BCUT2D eigenvalue weighted by Crippen LogP contribution is -2.32. The average Bonchev–Trinajstić information content (AvgIpc) is 3.38. The van der Waals surface area contributed by atoms with Crippen LogP contribution in [0.4, 0.5) is 17.6 Å². The molecule has 1 N–H and O–H groups in total. The zero-order valence-corrected chi connectivity index (χ0v) is 17.8. The smallest absolute Gasteiger partial charge is 0.315 e. The van der Waals surface area contributed by atoms with Crippen LogP contribution in [0, 0.1) is 5.92 Å². The van der Waals surface area contributed by atoms with Gasteiger partial charge in [0.25, 0.3) is 11.8 Å². The van der Waals surface area contributed by atoms with Gasteiger partial charge in [0.05, 0.1) is 18.6 Å². The predicted octanol–water partition coefficient (Wildman–Crippen LogP) is 4.72. The van der Waals surface area contributed by atoms with E-state index in [0.29, 0.717) is 5.75 Å². The monoisotopic (exact) mass is 450 g/mol. The maximum Gasteiger partial charge on any atom is 0.315 e. The molecule has 0 saturated heterocycles. The molecule has 32 heavy (non-hydrogen) atoms. The fourth-order valence-electron chi connectivity index (χ4n) is 3.99. The molecule has 1 fully saturated rings. The summed E-state index contributed by atoms with van der Waals surface area (Å²) in [5, 5.41) is 2.29. The largest absolute Gasteiger partial charge is 0.493 e. The van der Waals surface area contributed by atoms with E-state index in [9.17, 15) is 22.4 Å². The van der Waals surface area contributed by atoms with E-state index in [0.717, 1.165) is 37.2 Å². The molecule has 1 aliphatic heterocycles. The lowest BCUT2D eigenvalue weighted by atomic mass is 9.98. The summed E-state index contributed by atoms with van der Waals surface area (Å²) < 4.78 is 56.4. The van der Waals surface area contributed by atoms with Crippen molar-refractivity contribution in [1.29, 1.82) is 0 Å². The van der Waals surface area contributed by atoms with Gasteiger partial charge in [0, 0.05) is 26.1 Å². The number of fused-ring (bicyclic) bond motifs is 1. The minimum Gasteiger partial charge on any atom is -0.493 e. The molecule has 4 nitrogen and oxygen atoms in total. The molecule has 2 aromatic rings. The third-order valence-electron chi connectivity index (χ3n) is 6.12. The van der Waals surface area contributed by atoms with E-state index in [1.165, 1.54) is 11.1 Å². The van der Waals surface area contributed by atoms with Gasteiger partial charge >= 0.3 is 6.43 Å². The molecule has 0 aromatic heterocycles. The van der Waals surface area contributed by atoms with Crippen LogP contribution >= 0.6 is 0 Å². The van der Waals surface area contributed by atoms with Crippen molar-refractivity contribution >= 4 is 5.91 Å². The maximum absolute atomic E-state index is 13.0. The van der Waals surface area contributed by atoms with Crippen molar-refractivity contribution in [1.82, 2.24) is 10.2 Å². The molecule has 8 heteroatoms. The van der Waals surface area contributed by atoms with Gasteiger partial charge in [-0.05, 0) is 47.7 Å². The molecule has 1 saturated carbocycles. The molecule has 2 aliphatic rings. The Morgan fingerprint density at radius 3 is 2.56 bits per heavy atom. The molecular weight excluding hydrogens is 424 g/mol. The highest BCUT2D eigenvalue weighted by Gasteiger charge is 2.57. The van der Waals surface area contributed by atoms with Crippen molar-refractivity contribution in [2.75, 3.05) is 13.2 Å². The Morgan fingerprint density at radius 1 is 1.19 bits per heavy atom. The summed E-state index contributed by atoms with van der Waals surface area (Å²) in [4.78, 5) is 13.5. The Bertz CT molecular complexity index is 965. The summed E-state index contributed by atoms with van der Waals surface area (Å²) in [6.07, 6.45) is -2.26. The van der Waals surface area contributed by atoms with Gasteiger partial charge in [0.15, 0.2) is 0 Å². The van der Waals surface area contributed by atoms with E-state index >= 15 is 0 Å². The third-order valence-corrected chi connectivity index (χ3v) is 6.12. The number of hydrogen-bond donors (Lipinski definition) is 1. The first-order valence-corrected chi connectivity index (χ1v) is 10.7. The van der Waals surface area contributed by atoms with Crippen LogP contribution in [0.1, 0.15) is 41.6 Å². The summed E-state index contributed by atoms with van der Waals surface area (Å²) in [7, 11) is 0. The molecule has 1 heterocycles. The summed E-state index contributed by atoms with van der Waals surface area (Å²) >= 11 is 0. The van der Waals surface area contributed by atoms with Crippen molar-refractivity contribution in [3.63, 3.8) is 0 Å². The molecule has 1 aliphatic carbocycles. The Hall–Kier alpha value is -2.61. The lowest BCUT2D eigenvalue weighted by molar-refractivity contribution is -0.132. The van der Waals surface area contributed by atoms with Gasteiger partial charge in [-0.1, -0.05) is 30.3 Å². The van der Waals surface area contributed by atoms with Gasteiger partial charge in [-0.2, -0.15) is 8.78 Å². The van der Waals surface area contributed by atoms with Gasteiger partial charge in [-0.15, -0.1) is 0 Å². The van der Waals surface area contributed by atoms with E-state index < -0.39 is 30.2 Å².